The second kappa shape index (κ2) is 4.42. The maximum Gasteiger partial charge on any atom is 0.294 e. The number of fused-ring (bicyclic) bond motifs is 1. The van der Waals surface area contributed by atoms with E-state index in [4.69, 9.17) is 10.2 Å². The summed E-state index contributed by atoms with van der Waals surface area (Å²) in [4.78, 5) is 14.3. The van der Waals surface area contributed by atoms with E-state index in [1.165, 1.54) is 0 Å². The molecule has 0 spiro atoms. The van der Waals surface area contributed by atoms with Gasteiger partial charge in [0.15, 0.2) is 10.4 Å². The summed E-state index contributed by atoms with van der Waals surface area (Å²) < 4.78 is 5.90. The third-order valence-corrected chi connectivity index (χ3v) is 3.75. The van der Waals surface area contributed by atoms with Gasteiger partial charge in [0, 0.05) is 17.4 Å². The molecule has 5 heteroatoms. The molecule has 2 heterocycles. The molecule has 3 rings (SSSR count). The number of nitrogen functional groups attached to an aromatic ring is 1. The van der Waals surface area contributed by atoms with Crippen LogP contribution in [0.5, 0.6) is 0 Å². The van der Waals surface area contributed by atoms with Crippen molar-refractivity contribution in [3.05, 3.63) is 46.3 Å². The summed E-state index contributed by atoms with van der Waals surface area (Å²) >= 11 is 3.21. The van der Waals surface area contributed by atoms with E-state index in [0.717, 1.165) is 23.4 Å². The molecule has 19 heavy (non-hydrogen) atoms. The maximum atomic E-state index is 12.5. The van der Waals surface area contributed by atoms with Crippen molar-refractivity contribution in [2.45, 2.75) is 19.4 Å². The van der Waals surface area contributed by atoms with Gasteiger partial charge in [-0.15, -0.1) is 0 Å². The standard InChI is InChI=1S/C14H13BrN2O2/c1-8-6-9-7-10(16)2-3-11(9)17(8)14(18)12-4-5-13(15)19-12/h2-5,7-8H,6,16H2,1H3. The number of carbonyl (C=O) groups excluding carboxylic acids is 1. The van der Waals surface area contributed by atoms with Gasteiger partial charge in [0.05, 0.1) is 0 Å². The lowest BCUT2D eigenvalue weighted by Gasteiger charge is -2.21. The molecule has 1 unspecified atom stereocenters. The van der Waals surface area contributed by atoms with Crippen molar-refractivity contribution in [1.29, 1.82) is 0 Å². The van der Waals surface area contributed by atoms with E-state index in [-0.39, 0.29) is 11.9 Å². The van der Waals surface area contributed by atoms with Gasteiger partial charge in [0.1, 0.15) is 0 Å². The van der Waals surface area contributed by atoms with Crippen LogP contribution < -0.4 is 10.6 Å². The molecule has 0 aliphatic carbocycles. The number of anilines is 2. The average Bonchev–Trinajstić information content (AvgIpc) is 2.91. The molecule has 0 saturated heterocycles. The van der Waals surface area contributed by atoms with Crippen molar-refractivity contribution >= 4 is 33.2 Å². The first-order valence-electron chi connectivity index (χ1n) is 6.03. The van der Waals surface area contributed by atoms with E-state index in [1.54, 1.807) is 17.0 Å². The number of nitrogens with two attached hydrogens (primary N) is 1. The predicted molar refractivity (Wildman–Crippen MR) is 77.2 cm³/mol. The fourth-order valence-electron chi connectivity index (χ4n) is 2.51. The number of hydrogen-bond donors (Lipinski definition) is 1. The highest BCUT2D eigenvalue weighted by atomic mass is 79.9. The summed E-state index contributed by atoms with van der Waals surface area (Å²) in [6.45, 7) is 2.02. The summed E-state index contributed by atoms with van der Waals surface area (Å²) in [5.74, 6) is 0.213. The van der Waals surface area contributed by atoms with E-state index in [1.807, 2.05) is 25.1 Å². The third-order valence-electron chi connectivity index (χ3n) is 3.32. The molecule has 0 saturated carbocycles. The molecule has 1 aliphatic rings. The Hall–Kier alpha value is -1.75. The zero-order chi connectivity index (χ0) is 13.6. The van der Waals surface area contributed by atoms with Crippen LogP contribution in [0, 0.1) is 0 Å². The van der Waals surface area contributed by atoms with Crippen molar-refractivity contribution in [1.82, 2.24) is 0 Å². The van der Waals surface area contributed by atoms with Gasteiger partial charge in [0.2, 0.25) is 0 Å². The fourth-order valence-corrected chi connectivity index (χ4v) is 2.82. The molecule has 1 amide bonds. The Morgan fingerprint density at radius 2 is 2.21 bits per heavy atom. The van der Waals surface area contributed by atoms with E-state index in [0.29, 0.717) is 10.4 Å². The Morgan fingerprint density at radius 3 is 2.89 bits per heavy atom. The highest BCUT2D eigenvalue weighted by Gasteiger charge is 2.32. The van der Waals surface area contributed by atoms with Crippen LogP contribution in [0.3, 0.4) is 0 Å². The molecule has 2 aromatic rings. The number of halogens is 1. The summed E-state index contributed by atoms with van der Waals surface area (Å²) in [5, 5.41) is 0. The first-order chi connectivity index (χ1) is 9.06. The van der Waals surface area contributed by atoms with Gasteiger partial charge in [0.25, 0.3) is 5.91 Å². The van der Waals surface area contributed by atoms with Crippen molar-refractivity contribution < 1.29 is 9.21 Å². The summed E-state index contributed by atoms with van der Waals surface area (Å²) in [5.41, 5.74) is 8.53. The van der Waals surface area contributed by atoms with Gasteiger partial charge in [-0.1, -0.05) is 0 Å². The van der Waals surface area contributed by atoms with E-state index in [2.05, 4.69) is 15.9 Å². The smallest absolute Gasteiger partial charge is 0.294 e. The maximum absolute atomic E-state index is 12.5. The van der Waals surface area contributed by atoms with Crippen LogP contribution in [0.15, 0.2) is 39.4 Å². The molecule has 1 aliphatic heterocycles. The molecule has 1 aromatic carbocycles. The lowest BCUT2D eigenvalue weighted by Crippen LogP contribution is -2.35. The van der Waals surface area contributed by atoms with Gasteiger partial charge < -0.3 is 15.1 Å². The van der Waals surface area contributed by atoms with Crippen LogP contribution in [0.1, 0.15) is 23.0 Å². The normalized spacial score (nSPS) is 17.6. The molecular formula is C14H13BrN2O2. The Balaban J connectivity index is 2.00. The van der Waals surface area contributed by atoms with Gasteiger partial charge in [-0.25, -0.2) is 0 Å². The van der Waals surface area contributed by atoms with Crippen LogP contribution in [-0.4, -0.2) is 11.9 Å². The highest BCUT2D eigenvalue weighted by Crippen LogP contribution is 2.34. The minimum atomic E-state index is -0.123. The number of carbonyl (C=O) groups is 1. The molecule has 1 atom stereocenters. The quantitative estimate of drug-likeness (QED) is 0.821. The van der Waals surface area contributed by atoms with Crippen molar-refractivity contribution in [2.24, 2.45) is 0 Å². The number of nitrogens with zero attached hydrogens (tertiary/aromatic N) is 1. The molecule has 1 aromatic heterocycles. The molecular weight excluding hydrogens is 308 g/mol. The number of hydrogen-bond acceptors (Lipinski definition) is 3. The molecule has 0 radical (unpaired) electrons. The molecule has 0 fully saturated rings. The minimum Gasteiger partial charge on any atom is -0.444 e. The average molecular weight is 321 g/mol. The first-order valence-corrected chi connectivity index (χ1v) is 6.83. The summed E-state index contributed by atoms with van der Waals surface area (Å²) in [6, 6.07) is 9.14. The second-order valence-corrected chi connectivity index (χ2v) is 5.50. The predicted octanol–water partition coefficient (Wildman–Crippen LogP) is 3.22. The van der Waals surface area contributed by atoms with Crippen LogP contribution in [-0.2, 0) is 6.42 Å². The Kier molecular flexibility index (Phi) is 2.86. The highest BCUT2D eigenvalue weighted by molar-refractivity contribution is 9.10. The van der Waals surface area contributed by atoms with Crippen LogP contribution in [0.2, 0.25) is 0 Å². The van der Waals surface area contributed by atoms with Crippen molar-refractivity contribution in [3.63, 3.8) is 0 Å². The summed E-state index contributed by atoms with van der Waals surface area (Å²) in [6.07, 6.45) is 0.813. The number of benzene rings is 1. The van der Waals surface area contributed by atoms with Crippen molar-refractivity contribution in [2.75, 3.05) is 10.6 Å². The Bertz CT molecular complexity index is 651. The lowest BCUT2D eigenvalue weighted by atomic mass is 10.1. The summed E-state index contributed by atoms with van der Waals surface area (Å²) in [7, 11) is 0. The molecule has 2 N–H and O–H groups in total. The molecule has 98 valence electrons. The zero-order valence-corrected chi connectivity index (χ0v) is 12.0. The second-order valence-electron chi connectivity index (χ2n) is 4.72. The third kappa shape index (κ3) is 2.04. The SMILES string of the molecule is CC1Cc2cc(N)ccc2N1C(=O)c1ccc(Br)o1. The zero-order valence-electron chi connectivity index (χ0n) is 10.4. The largest absolute Gasteiger partial charge is 0.444 e. The lowest BCUT2D eigenvalue weighted by molar-refractivity contribution is 0.0953. The van der Waals surface area contributed by atoms with Crippen molar-refractivity contribution in [3.8, 4) is 0 Å². The Morgan fingerprint density at radius 1 is 1.42 bits per heavy atom. The number of amides is 1. The minimum absolute atomic E-state index is 0.105. The topological polar surface area (TPSA) is 59.5 Å². The number of furan rings is 1. The fraction of sp³-hybridized carbons (Fsp3) is 0.214. The van der Waals surface area contributed by atoms with E-state index >= 15 is 0 Å². The van der Waals surface area contributed by atoms with Gasteiger partial charge >= 0.3 is 0 Å². The van der Waals surface area contributed by atoms with E-state index < -0.39 is 0 Å². The number of rotatable bonds is 1. The van der Waals surface area contributed by atoms with Crippen LogP contribution in [0.25, 0.3) is 0 Å². The monoisotopic (exact) mass is 320 g/mol. The molecule has 4 nitrogen and oxygen atoms in total. The first kappa shape index (κ1) is 12.3. The van der Waals surface area contributed by atoms with Crippen LogP contribution in [0.4, 0.5) is 11.4 Å². The van der Waals surface area contributed by atoms with Gasteiger partial charge in [-0.2, -0.15) is 0 Å². The molecule has 0 bridgehead atoms. The van der Waals surface area contributed by atoms with E-state index in [9.17, 15) is 4.79 Å². The van der Waals surface area contributed by atoms with Gasteiger partial charge in [-0.05, 0) is 65.2 Å². The van der Waals surface area contributed by atoms with Gasteiger partial charge in [-0.3, -0.25) is 4.79 Å². The van der Waals surface area contributed by atoms with Crippen LogP contribution >= 0.6 is 15.9 Å². The Labute approximate surface area is 119 Å².